The number of esters is 1. The molecule has 0 unspecified atom stereocenters. The van der Waals surface area contributed by atoms with Gasteiger partial charge >= 0.3 is 5.97 Å². The molecule has 84 valence electrons. The van der Waals surface area contributed by atoms with Crippen molar-refractivity contribution in [2.45, 2.75) is 12.8 Å². The van der Waals surface area contributed by atoms with Gasteiger partial charge in [-0.1, -0.05) is 24.3 Å². The van der Waals surface area contributed by atoms with Crippen LogP contribution in [0.3, 0.4) is 0 Å². The van der Waals surface area contributed by atoms with Gasteiger partial charge in [0, 0.05) is 12.0 Å². The minimum Gasteiger partial charge on any atom is -0.465 e. The molecule has 0 heterocycles. The highest BCUT2D eigenvalue weighted by molar-refractivity contribution is 6.06. The molecule has 0 fully saturated rings. The Kier molecular flexibility index (Phi) is 4.45. The fraction of sp³-hybridized carbons (Fsp3) is 0.231. The fourth-order valence-corrected chi connectivity index (χ4v) is 1.38. The predicted octanol–water partition coefficient (Wildman–Crippen LogP) is 2.62. The van der Waals surface area contributed by atoms with E-state index >= 15 is 0 Å². The standard InChI is InChI=1S/C13H14O3/c1-3-4-9-12(14)10-7-5-6-8-11(10)13(15)16-2/h3,5-8H,1,4,9H2,2H3. The minimum atomic E-state index is -0.484. The van der Waals surface area contributed by atoms with E-state index in [1.54, 1.807) is 30.3 Å². The molecule has 0 aliphatic rings. The lowest BCUT2D eigenvalue weighted by atomic mass is 10.0. The van der Waals surface area contributed by atoms with Gasteiger partial charge in [0.15, 0.2) is 5.78 Å². The highest BCUT2D eigenvalue weighted by atomic mass is 16.5. The average Bonchev–Trinajstić information content (AvgIpc) is 2.35. The number of carbonyl (C=O) groups is 2. The summed E-state index contributed by atoms with van der Waals surface area (Å²) in [4.78, 5) is 23.2. The number of allylic oxidation sites excluding steroid dienone is 1. The largest absolute Gasteiger partial charge is 0.465 e. The van der Waals surface area contributed by atoms with Crippen molar-refractivity contribution < 1.29 is 14.3 Å². The van der Waals surface area contributed by atoms with Crippen LogP contribution in [0.4, 0.5) is 0 Å². The summed E-state index contributed by atoms with van der Waals surface area (Å²) in [5, 5.41) is 0. The zero-order chi connectivity index (χ0) is 12.0. The van der Waals surface area contributed by atoms with E-state index in [0.29, 0.717) is 24.0 Å². The number of hydrogen-bond acceptors (Lipinski definition) is 3. The fourth-order valence-electron chi connectivity index (χ4n) is 1.38. The summed E-state index contributed by atoms with van der Waals surface area (Å²) in [6.45, 7) is 3.56. The van der Waals surface area contributed by atoms with Crippen molar-refractivity contribution in [3.05, 3.63) is 48.0 Å². The number of ketones is 1. The highest BCUT2D eigenvalue weighted by Crippen LogP contribution is 2.13. The molecule has 1 rings (SSSR count). The topological polar surface area (TPSA) is 43.4 Å². The van der Waals surface area contributed by atoms with Crippen LogP contribution in [-0.4, -0.2) is 18.9 Å². The third kappa shape index (κ3) is 2.79. The molecular weight excluding hydrogens is 204 g/mol. The van der Waals surface area contributed by atoms with E-state index in [4.69, 9.17) is 0 Å². The van der Waals surface area contributed by atoms with E-state index in [2.05, 4.69) is 11.3 Å². The SMILES string of the molecule is C=CCCC(=O)c1ccccc1C(=O)OC. The van der Waals surface area contributed by atoms with Crippen molar-refractivity contribution in [2.75, 3.05) is 7.11 Å². The Hall–Kier alpha value is -1.90. The Labute approximate surface area is 94.7 Å². The molecule has 0 amide bonds. The number of rotatable bonds is 5. The van der Waals surface area contributed by atoms with Gasteiger partial charge in [-0.15, -0.1) is 6.58 Å². The molecule has 0 atom stereocenters. The first-order chi connectivity index (χ1) is 7.70. The van der Waals surface area contributed by atoms with E-state index in [0.717, 1.165) is 0 Å². The molecule has 0 saturated heterocycles. The molecule has 0 N–H and O–H groups in total. The summed E-state index contributed by atoms with van der Waals surface area (Å²) in [5.74, 6) is -0.552. The zero-order valence-electron chi connectivity index (χ0n) is 9.23. The maximum atomic E-state index is 11.8. The van der Waals surface area contributed by atoms with Gasteiger partial charge in [0.25, 0.3) is 0 Å². The van der Waals surface area contributed by atoms with Gasteiger partial charge in [-0.3, -0.25) is 4.79 Å². The Balaban J connectivity index is 2.98. The molecule has 0 saturated carbocycles. The molecule has 0 aliphatic carbocycles. The van der Waals surface area contributed by atoms with Crippen molar-refractivity contribution in [2.24, 2.45) is 0 Å². The van der Waals surface area contributed by atoms with Gasteiger partial charge in [-0.05, 0) is 12.5 Å². The Bertz CT molecular complexity index is 407. The van der Waals surface area contributed by atoms with Gasteiger partial charge in [0.05, 0.1) is 12.7 Å². The van der Waals surface area contributed by atoms with E-state index < -0.39 is 5.97 Å². The first-order valence-corrected chi connectivity index (χ1v) is 5.02. The van der Waals surface area contributed by atoms with Crippen LogP contribution in [0, 0.1) is 0 Å². The van der Waals surface area contributed by atoms with Crippen LogP contribution >= 0.6 is 0 Å². The summed E-state index contributed by atoms with van der Waals surface area (Å²) < 4.78 is 4.62. The summed E-state index contributed by atoms with van der Waals surface area (Å²) >= 11 is 0. The second-order valence-corrected chi connectivity index (χ2v) is 3.29. The van der Waals surface area contributed by atoms with Crippen molar-refractivity contribution in [1.82, 2.24) is 0 Å². The summed E-state index contributed by atoms with van der Waals surface area (Å²) in [7, 11) is 1.30. The Morgan fingerprint density at radius 1 is 1.31 bits per heavy atom. The number of methoxy groups -OCH3 is 1. The molecule has 1 aromatic carbocycles. The number of Topliss-reactive ketones (excluding diaryl/α,β-unsaturated/α-hetero) is 1. The lowest BCUT2D eigenvalue weighted by molar-refractivity contribution is 0.0597. The first-order valence-electron chi connectivity index (χ1n) is 5.02. The molecular formula is C13H14O3. The predicted molar refractivity (Wildman–Crippen MR) is 61.5 cm³/mol. The number of benzene rings is 1. The van der Waals surface area contributed by atoms with Crippen LogP contribution in [0.25, 0.3) is 0 Å². The second kappa shape index (κ2) is 5.85. The molecule has 1 aromatic rings. The van der Waals surface area contributed by atoms with Gasteiger partial charge in [0.2, 0.25) is 0 Å². The third-order valence-corrected chi connectivity index (χ3v) is 2.21. The minimum absolute atomic E-state index is 0.0686. The lowest BCUT2D eigenvalue weighted by Gasteiger charge is -2.05. The zero-order valence-corrected chi connectivity index (χ0v) is 9.23. The smallest absolute Gasteiger partial charge is 0.338 e. The Morgan fingerprint density at radius 3 is 2.50 bits per heavy atom. The van der Waals surface area contributed by atoms with Crippen LogP contribution in [-0.2, 0) is 4.74 Å². The summed E-state index contributed by atoms with van der Waals surface area (Å²) in [6.07, 6.45) is 2.64. The van der Waals surface area contributed by atoms with E-state index in [1.165, 1.54) is 7.11 Å². The van der Waals surface area contributed by atoms with Crippen molar-refractivity contribution in [3.63, 3.8) is 0 Å². The quantitative estimate of drug-likeness (QED) is 0.433. The van der Waals surface area contributed by atoms with Crippen LogP contribution in [0.15, 0.2) is 36.9 Å². The van der Waals surface area contributed by atoms with Crippen LogP contribution in [0.2, 0.25) is 0 Å². The van der Waals surface area contributed by atoms with Gasteiger partial charge in [-0.25, -0.2) is 4.79 Å². The van der Waals surface area contributed by atoms with E-state index in [9.17, 15) is 9.59 Å². The maximum absolute atomic E-state index is 11.8. The monoisotopic (exact) mass is 218 g/mol. The molecule has 0 spiro atoms. The Morgan fingerprint density at radius 2 is 1.94 bits per heavy atom. The molecule has 0 aliphatic heterocycles. The van der Waals surface area contributed by atoms with Crippen molar-refractivity contribution in [3.8, 4) is 0 Å². The molecule has 16 heavy (non-hydrogen) atoms. The molecule has 3 heteroatoms. The van der Waals surface area contributed by atoms with Crippen LogP contribution < -0.4 is 0 Å². The van der Waals surface area contributed by atoms with Crippen molar-refractivity contribution in [1.29, 1.82) is 0 Å². The molecule has 0 bridgehead atoms. The number of carbonyl (C=O) groups excluding carboxylic acids is 2. The summed E-state index contributed by atoms with van der Waals surface area (Å²) in [6, 6.07) is 6.66. The van der Waals surface area contributed by atoms with Gasteiger partial charge in [-0.2, -0.15) is 0 Å². The van der Waals surface area contributed by atoms with Gasteiger partial charge in [0.1, 0.15) is 0 Å². The highest BCUT2D eigenvalue weighted by Gasteiger charge is 2.15. The van der Waals surface area contributed by atoms with Crippen LogP contribution in [0.1, 0.15) is 33.6 Å². The van der Waals surface area contributed by atoms with E-state index in [-0.39, 0.29) is 5.78 Å². The number of hydrogen-bond donors (Lipinski definition) is 0. The van der Waals surface area contributed by atoms with E-state index in [1.807, 2.05) is 0 Å². The second-order valence-electron chi connectivity index (χ2n) is 3.29. The van der Waals surface area contributed by atoms with Crippen LogP contribution in [0.5, 0.6) is 0 Å². The third-order valence-electron chi connectivity index (χ3n) is 2.21. The number of ether oxygens (including phenoxy) is 1. The molecule has 0 aromatic heterocycles. The maximum Gasteiger partial charge on any atom is 0.338 e. The normalized spacial score (nSPS) is 9.56. The molecule has 0 radical (unpaired) electrons. The van der Waals surface area contributed by atoms with Crippen molar-refractivity contribution >= 4 is 11.8 Å². The summed E-state index contributed by atoms with van der Waals surface area (Å²) in [5.41, 5.74) is 0.732. The molecule has 3 nitrogen and oxygen atoms in total. The lowest BCUT2D eigenvalue weighted by Crippen LogP contribution is -2.10. The first kappa shape index (κ1) is 12.2. The van der Waals surface area contributed by atoms with Gasteiger partial charge < -0.3 is 4.74 Å². The average molecular weight is 218 g/mol.